The number of rotatable bonds is 7. The summed E-state index contributed by atoms with van der Waals surface area (Å²) in [5.74, 6) is -1.83. The van der Waals surface area contributed by atoms with Crippen molar-refractivity contribution in [3.8, 4) is 28.4 Å². The monoisotopic (exact) mass is 526 g/mol. The van der Waals surface area contributed by atoms with Crippen LogP contribution in [-0.4, -0.2) is 32.8 Å². The van der Waals surface area contributed by atoms with Crippen molar-refractivity contribution in [1.29, 1.82) is 0 Å². The molecule has 8 nitrogen and oxygen atoms in total. The van der Waals surface area contributed by atoms with E-state index in [-0.39, 0.29) is 39.7 Å². The third kappa shape index (κ3) is 4.69. The number of fused-ring (bicyclic) bond motifs is 2. The van der Waals surface area contributed by atoms with E-state index in [1.165, 1.54) is 0 Å². The van der Waals surface area contributed by atoms with Gasteiger partial charge in [-0.15, -0.1) is 0 Å². The number of aromatic nitrogens is 1. The quantitative estimate of drug-likeness (QED) is 0.177. The molecular formula is C31H30N2O6. The Morgan fingerprint density at radius 1 is 1.00 bits per heavy atom. The van der Waals surface area contributed by atoms with Gasteiger partial charge in [-0.2, -0.15) is 0 Å². The minimum atomic E-state index is -0.750. The first-order valence-corrected chi connectivity index (χ1v) is 12.8. The summed E-state index contributed by atoms with van der Waals surface area (Å²) in [6.07, 6.45) is 2.96. The van der Waals surface area contributed by atoms with Crippen molar-refractivity contribution in [3.63, 3.8) is 0 Å². The molecule has 2 aromatic heterocycles. The topological polar surface area (TPSA) is 136 Å². The molecule has 0 saturated carbocycles. The van der Waals surface area contributed by atoms with Crippen LogP contribution in [0.1, 0.15) is 41.1 Å². The Hall–Kier alpha value is -4.72. The highest BCUT2D eigenvalue weighted by Gasteiger charge is 2.26. The zero-order valence-electron chi connectivity index (χ0n) is 22.0. The van der Waals surface area contributed by atoms with E-state index in [9.17, 15) is 24.9 Å². The van der Waals surface area contributed by atoms with E-state index in [4.69, 9.17) is 4.42 Å². The number of aryl methyl sites for hydroxylation is 1. The number of benzene rings is 3. The van der Waals surface area contributed by atoms with Gasteiger partial charge in [0.15, 0.2) is 11.5 Å². The standard InChI is InChI=1S/C31H30N2O6/c1-16(2)14-22-26(34)29(37)28(36)25-27(35)24(17(3)39-30(22)25)18-8-10-19(11-9-18)31(38)32-13-12-20-15-33-23-7-5-4-6-21(20)23/h4-11,15-16,33-34,36-37H,12-14H2,1-3H3,(H,32,38). The van der Waals surface area contributed by atoms with Gasteiger partial charge in [-0.1, -0.05) is 44.2 Å². The molecule has 8 heteroatoms. The number of carbonyl (C=O) groups is 1. The molecule has 1 amide bonds. The number of hydrogen-bond acceptors (Lipinski definition) is 6. The zero-order chi connectivity index (χ0) is 27.8. The van der Waals surface area contributed by atoms with Gasteiger partial charge in [-0.05, 0) is 55.0 Å². The summed E-state index contributed by atoms with van der Waals surface area (Å²) >= 11 is 0. The Kier molecular flexibility index (Phi) is 6.78. The first kappa shape index (κ1) is 25.9. The van der Waals surface area contributed by atoms with Gasteiger partial charge in [0.25, 0.3) is 5.91 Å². The summed E-state index contributed by atoms with van der Waals surface area (Å²) in [5.41, 5.74) is 3.09. The van der Waals surface area contributed by atoms with Gasteiger partial charge in [0, 0.05) is 34.8 Å². The average molecular weight is 527 g/mol. The molecule has 0 radical (unpaired) electrons. The number of nitrogens with one attached hydrogen (secondary N) is 2. The number of phenols is 3. The molecule has 5 aromatic rings. The van der Waals surface area contributed by atoms with Gasteiger partial charge < -0.3 is 30.0 Å². The highest BCUT2D eigenvalue weighted by molar-refractivity contribution is 5.96. The normalized spacial score (nSPS) is 11.5. The molecule has 5 N–H and O–H groups in total. The lowest BCUT2D eigenvalue weighted by molar-refractivity contribution is 0.0954. The minimum absolute atomic E-state index is 0.0500. The second-order valence-corrected chi connectivity index (χ2v) is 10.1. The number of phenolic OH excluding ortho intramolecular Hbond substituents is 3. The number of aromatic hydroxyl groups is 3. The van der Waals surface area contributed by atoms with Gasteiger partial charge >= 0.3 is 0 Å². The molecule has 0 atom stereocenters. The summed E-state index contributed by atoms with van der Waals surface area (Å²) < 4.78 is 5.96. The summed E-state index contributed by atoms with van der Waals surface area (Å²) in [6, 6.07) is 14.5. The Bertz CT molecular complexity index is 1760. The molecule has 0 unspecified atom stereocenters. The number of hydrogen-bond donors (Lipinski definition) is 5. The fourth-order valence-electron chi connectivity index (χ4n) is 5.02. The predicted molar refractivity (Wildman–Crippen MR) is 151 cm³/mol. The molecule has 0 aliphatic rings. The maximum absolute atomic E-state index is 13.5. The number of carbonyl (C=O) groups excluding carboxylic acids is 1. The predicted octanol–water partition coefficient (Wildman–Crippen LogP) is 5.54. The van der Waals surface area contributed by atoms with Crippen molar-refractivity contribution in [3.05, 3.63) is 87.4 Å². The molecule has 2 heterocycles. The first-order valence-electron chi connectivity index (χ1n) is 12.8. The first-order chi connectivity index (χ1) is 18.7. The van der Waals surface area contributed by atoms with Crippen molar-refractivity contribution < 1.29 is 24.5 Å². The Labute approximate surface area is 224 Å². The van der Waals surface area contributed by atoms with Crippen molar-refractivity contribution >= 4 is 27.8 Å². The summed E-state index contributed by atoms with van der Waals surface area (Å²) in [4.78, 5) is 29.5. The van der Waals surface area contributed by atoms with Crippen LogP contribution < -0.4 is 10.7 Å². The maximum atomic E-state index is 13.5. The zero-order valence-corrected chi connectivity index (χ0v) is 22.0. The smallest absolute Gasteiger partial charge is 0.251 e. The fourth-order valence-corrected chi connectivity index (χ4v) is 5.02. The van der Waals surface area contributed by atoms with Crippen LogP contribution in [-0.2, 0) is 12.8 Å². The molecule has 0 bridgehead atoms. The molecular weight excluding hydrogens is 496 g/mol. The molecule has 0 aliphatic heterocycles. The van der Waals surface area contributed by atoms with Gasteiger partial charge in [-0.25, -0.2) is 0 Å². The lowest BCUT2D eigenvalue weighted by Crippen LogP contribution is -2.25. The van der Waals surface area contributed by atoms with Crippen molar-refractivity contribution in [1.82, 2.24) is 10.3 Å². The van der Waals surface area contributed by atoms with Gasteiger partial charge in [0.05, 0.1) is 5.56 Å². The molecule has 5 rings (SSSR count). The van der Waals surface area contributed by atoms with E-state index >= 15 is 0 Å². The lowest BCUT2D eigenvalue weighted by atomic mass is 9.95. The largest absolute Gasteiger partial charge is 0.504 e. The molecule has 0 aliphatic carbocycles. The van der Waals surface area contributed by atoms with E-state index in [0.717, 1.165) is 16.5 Å². The van der Waals surface area contributed by atoms with E-state index in [1.54, 1.807) is 31.2 Å². The second kappa shape index (κ2) is 10.2. The molecule has 0 spiro atoms. The summed E-state index contributed by atoms with van der Waals surface area (Å²) in [5, 5.41) is 35.1. The molecule has 0 saturated heterocycles. The highest BCUT2D eigenvalue weighted by atomic mass is 16.3. The third-order valence-electron chi connectivity index (χ3n) is 6.94. The Balaban J connectivity index is 1.40. The van der Waals surface area contributed by atoms with Crippen LogP contribution in [0.25, 0.3) is 33.0 Å². The van der Waals surface area contributed by atoms with E-state index in [1.807, 2.05) is 44.3 Å². The second-order valence-electron chi connectivity index (χ2n) is 10.1. The Morgan fingerprint density at radius 3 is 2.44 bits per heavy atom. The van der Waals surface area contributed by atoms with Gasteiger partial charge in [-0.3, -0.25) is 9.59 Å². The van der Waals surface area contributed by atoms with E-state index in [0.29, 0.717) is 30.5 Å². The number of H-pyrrole nitrogens is 1. The van der Waals surface area contributed by atoms with E-state index < -0.39 is 22.7 Å². The van der Waals surface area contributed by atoms with Crippen LogP contribution in [0.4, 0.5) is 0 Å². The summed E-state index contributed by atoms with van der Waals surface area (Å²) in [6.45, 7) is 5.94. The number of para-hydroxylation sites is 1. The van der Waals surface area contributed by atoms with Crippen molar-refractivity contribution in [2.75, 3.05) is 6.54 Å². The van der Waals surface area contributed by atoms with Crippen molar-refractivity contribution in [2.45, 2.75) is 33.6 Å². The highest BCUT2D eigenvalue weighted by Crippen LogP contribution is 2.45. The maximum Gasteiger partial charge on any atom is 0.251 e. The molecule has 3 aromatic carbocycles. The van der Waals surface area contributed by atoms with Crippen LogP contribution in [0, 0.1) is 12.8 Å². The van der Waals surface area contributed by atoms with E-state index in [2.05, 4.69) is 10.3 Å². The average Bonchev–Trinajstić information content (AvgIpc) is 3.33. The lowest BCUT2D eigenvalue weighted by Gasteiger charge is -2.15. The Morgan fingerprint density at radius 2 is 1.72 bits per heavy atom. The van der Waals surface area contributed by atoms with Crippen LogP contribution in [0.3, 0.4) is 0 Å². The van der Waals surface area contributed by atoms with Crippen molar-refractivity contribution in [2.24, 2.45) is 5.92 Å². The van der Waals surface area contributed by atoms with Crippen LogP contribution in [0.15, 0.2) is 63.9 Å². The number of amides is 1. The molecule has 39 heavy (non-hydrogen) atoms. The van der Waals surface area contributed by atoms with Crippen LogP contribution in [0.5, 0.6) is 17.2 Å². The fraction of sp³-hybridized carbons (Fsp3) is 0.226. The van der Waals surface area contributed by atoms with Gasteiger partial charge in [0.1, 0.15) is 16.7 Å². The van der Waals surface area contributed by atoms with Crippen LogP contribution in [0.2, 0.25) is 0 Å². The van der Waals surface area contributed by atoms with Gasteiger partial charge in [0.2, 0.25) is 11.2 Å². The van der Waals surface area contributed by atoms with Crippen LogP contribution >= 0.6 is 0 Å². The SMILES string of the molecule is Cc1oc2c(CC(C)C)c(O)c(O)c(O)c2c(=O)c1-c1ccc(C(=O)NCCc2c[nH]c3ccccc23)cc1. The molecule has 0 fully saturated rings. The molecule has 200 valence electrons. The third-order valence-corrected chi connectivity index (χ3v) is 6.94. The minimum Gasteiger partial charge on any atom is -0.504 e. The summed E-state index contributed by atoms with van der Waals surface area (Å²) in [7, 11) is 0. The number of aromatic amines is 1.